The molecule has 0 bridgehead atoms. The van der Waals surface area contributed by atoms with E-state index in [9.17, 15) is 15.0 Å². The van der Waals surface area contributed by atoms with Gasteiger partial charge in [-0.15, -0.1) is 0 Å². The minimum absolute atomic E-state index is 0.218. The number of carbonyl (C=O) groups is 1. The molecule has 1 aromatic carbocycles. The fourth-order valence-electron chi connectivity index (χ4n) is 1.88. The predicted molar refractivity (Wildman–Crippen MR) is 68.1 cm³/mol. The van der Waals surface area contributed by atoms with Gasteiger partial charge in [-0.2, -0.15) is 0 Å². The second-order valence-electron chi connectivity index (χ2n) is 4.58. The molecular formula is C14H20O4. The van der Waals surface area contributed by atoms with Crippen molar-refractivity contribution in [3.8, 4) is 0 Å². The van der Waals surface area contributed by atoms with Gasteiger partial charge in [0.15, 0.2) is 0 Å². The van der Waals surface area contributed by atoms with Crippen molar-refractivity contribution in [3.63, 3.8) is 0 Å². The minimum atomic E-state index is -1.16. The average molecular weight is 252 g/mol. The molecule has 1 aromatic rings. The highest BCUT2D eigenvalue weighted by atomic mass is 16.5. The Morgan fingerprint density at radius 2 is 1.78 bits per heavy atom. The van der Waals surface area contributed by atoms with Crippen molar-refractivity contribution in [2.24, 2.45) is 0 Å². The SMILES string of the molecule is COC(=O)CC(O)C(O)c1ccccc1C(C)C. The van der Waals surface area contributed by atoms with Crippen molar-refractivity contribution in [3.05, 3.63) is 35.4 Å². The monoisotopic (exact) mass is 252 g/mol. The number of esters is 1. The largest absolute Gasteiger partial charge is 0.469 e. The Balaban J connectivity index is 2.89. The zero-order valence-corrected chi connectivity index (χ0v) is 11.0. The summed E-state index contributed by atoms with van der Waals surface area (Å²) in [5, 5.41) is 19.9. The Bertz CT molecular complexity index is 401. The third-order valence-electron chi connectivity index (χ3n) is 2.90. The molecule has 0 aliphatic heterocycles. The molecule has 0 fully saturated rings. The van der Waals surface area contributed by atoms with E-state index in [1.54, 1.807) is 12.1 Å². The molecule has 0 saturated carbocycles. The van der Waals surface area contributed by atoms with Crippen LogP contribution in [0.1, 0.15) is 43.4 Å². The Labute approximate surface area is 107 Å². The third-order valence-corrected chi connectivity index (χ3v) is 2.90. The molecule has 2 unspecified atom stereocenters. The first-order valence-corrected chi connectivity index (χ1v) is 5.99. The molecule has 0 aliphatic carbocycles. The third kappa shape index (κ3) is 3.55. The van der Waals surface area contributed by atoms with E-state index in [1.165, 1.54) is 7.11 Å². The number of carbonyl (C=O) groups excluding carboxylic acids is 1. The predicted octanol–water partition coefficient (Wildman–Crippen LogP) is 1.77. The molecule has 2 atom stereocenters. The zero-order chi connectivity index (χ0) is 13.7. The van der Waals surface area contributed by atoms with Crippen LogP contribution in [0.5, 0.6) is 0 Å². The van der Waals surface area contributed by atoms with Gasteiger partial charge >= 0.3 is 5.97 Å². The number of benzene rings is 1. The molecule has 0 saturated heterocycles. The number of methoxy groups -OCH3 is 1. The highest BCUT2D eigenvalue weighted by Gasteiger charge is 2.24. The van der Waals surface area contributed by atoms with E-state index < -0.39 is 18.2 Å². The van der Waals surface area contributed by atoms with Crippen LogP contribution in [-0.2, 0) is 9.53 Å². The fourth-order valence-corrected chi connectivity index (χ4v) is 1.88. The Kier molecular flexibility index (Phi) is 5.31. The van der Waals surface area contributed by atoms with Gasteiger partial charge in [0.05, 0.1) is 19.6 Å². The van der Waals surface area contributed by atoms with Crippen molar-refractivity contribution >= 4 is 5.97 Å². The first kappa shape index (κ1) is 14.7. The Morgan fingerprint density at radius 1 is 1.22 bits per heavy atom. The maximum Gasteiger partial charge on any atom is 0.308 e. The molecule has 2 N–H and O–H groups in total. The van der Waals surface area contributed by atoms with Gasteiger partial charge < -0.3 is 14.9 Å². The molecule has 0 radical (unpaired) electrons. The zero-order valence-electron chi connectivity index (χ0n) is 11.0. The lowest BCUT2D eigenvalue weighted by atomic mass is 9.91. The van der Waals surface area contributed by atoms with Gasteiger partial charge in [-0.05, 0) is 17.0 Å². The smallest absolute Gasteiger partial charge is 0.308 e. The van der Waals surface area contributed by atoms with E-state index in [4.69, 9.17) is 0 Å². The topological polar surface area (TPSA) is 66.8 Å². The molecule has 100 valence electrons. The first-order chi connectivity index (χ1) is 8.47. The summed E-state index contributed by atoms with van der Waals surface area (Å²) in [4.78, 5) is 11.1. The van der Waals surface area contributed by atoms with Crippen molar-refractivity contribution in [2.45, 2.75) is 38.4 Å². The van der Waals surface area contributed by atoms with E-state index in [2.05, 4.69) is 4.74 Å². The number of aliphatic hydroxyl groups is 2. The van der Waals surface area contributed by atoms with Gasteiger partial charge in [0, 0.05) is 0 Å². The van der Waals surface area contributed by atoms with Gasteiger partial charge in [0.2, 0.25) is 0 Å². The lowest BCUT2D eigenvalue weighted by molar-refractivity contribution is -0.144. The van der Waals surface area contributed by atoms with Crippen LogP contribution in [0.25, 0.3) is 0 Å². The van der Waals surface area contributed by atoms with Gasteiger partial charge in [0.1, 0.15) is 6.10 Å². The minimum Gasteiger partial charge on any atom is -0.469 e. The standard InChI is InChI=1S/C14H20O4/c1-9(2)10-6-4-5-7-11(10)14(17)12(15)8-13(16)18-3/h4-7,9,12,14-15,17H,8H2,1-3H3. The second kappa shape index (κ2) is 6.52. The van der Waals surface area contributed by atoms with Gasteiger partial charge in [-0.3, -0.25) is 4.79 Å². The highest BCUT2D eigenvalue weighted by Crippen LogP contribution is 2.27. The van der Waals surface area contributed by atoms with E-state index in [1.807, 2.05) is 26.0 Å². The lowest BCUT2D eigenvalue weighted by Crippen LogP contribution is -2.23. The molecule has 18 heavy (non-hydrogen) atoms. The summed E-state index contributed by atoms with van der Waals surface area (Å²) in [6.07, 6.45) is -2.45. The van der Waals surface area contributed by atoms with E-state index in [-0.39, 0.29) is 12.3 Å². The van der Waals surface area contributed by atoms with E-state index >= 15 is 0 Å². The Hall–Kier alpha value is -1.39. The second-order valence-corrected chi connectivity index (χ2v) is 4.58. The number of rotatable bonds is 5. The molecule has 4 nitrogen and oxygen atoms in total. The molecular weight excluding hydrogens is 232 g/mol. The van der Waals surface area contributed by atoms with Crippen molar-refractivity contribution in [1.29, 1.82) is 0 Å². The van der Waals surface area contributed by atoms with Crippen LogP contribution in [0.15, 0.2) is 24.3 Å². The molecule has 0 aliphatic rings. The van der Waals surface area contributed by atoms with Crippen LogP contribution in [0, 0.1) is 0 Å². The number of ether oxygens (including phenoxy) is 1. The fraction of sp³-hybridized carbons (Fsp3) is 0.500. The van der Waals surface area contributed by atoms with Crippen LogP contribution < -0.4 is 0 Å². The summed E-state index contributed by atoms with van der Waals surface area (Å²) in [5.41, 5.74) is 1.62. The maximum absolute atomic E-state index is 11.1. The Morgan fingerprint density at radius 3 is 2.28 bits per heavy atom. The van der Waals surface area contributed by atoms with Crippen LogP contribution in [0.4, 0.5) is 0 Å². The molecule has 0 spiro atoms. The van der Waals surface area contributed by atoms with Crippen LogP contribution in [0.3, 0.4) is 0 Å². The van der Waals surface area contributed by atoms with Gasteiger partial charge in [-0.25, -0.2) is 0 Å². The maximum atomic E-state index is 11.1. The number of hydrogen-bond donors (Lipinski definition) is 2. The summed E-state index contributed by atoms with van der Waals surface area (Å²) in [6, 6.07) is 7.36. The number of aliphatic hydroxyl groups excluding tert-OH is 2. The number of hydrogen-bond acceptors (Lipinski definition) is 4. The molecule has 0 aromatic heterocycles. The quantitative estimate of drug-likeness (QED) is 0.784. The molecule has 0 heterocycles. The summed E-state index contributed by atoms with van der Waals surface area (Å²) < 4.78 is 4.47. The molecule has 1 rings (SSSR count). The normalized spacial score (nSPS) is 14.3. The summed E-state index contributed by atoms with van der Waals surface area (Å²) in [5.74, 6) is -0.301. The van der Waals surface area contributed by atoms with Gasteiger partial charge in [0.25, 0.3) is 0 Å². The van der Waals surface area contributed by atoms with E-state index in [0.717, 1.165) is 5.56 Å². The van der Waals surface area contributed by atoms with Crippen LogP contribution in [-0.4, -0.2) is 29.4 Å². The van der Waals surface area contributed by atoms with Crippen molar-refractivity contribution in [1.82, 2.24) is 0 Å². The summed E-state index contributed by atoms with van der Waals surface area (Å²) in [6.45, 7) is 4.02. The van der Waals surface area contributed by atoms with Crippen molar-refractivity contribution < 1.29 is 19.7 Å². The van der Waals surface area contributed by atoms with E-state index in [0.29, 0.717) is 5.56 Å². The summed E-state index contributed by atoms with van der Waals surface area (Å²) in [7, 11) is 1.25. The lowest BCUT2D eigenvalue weighted by Gasteiger charge is -2.21. The van der Waals surface area contributed by atoms with Crippen LogP contribution in [0.2, 0.25) is 0 Å². The van der Waals surface area contributed by atoms with Crippen LogP contribution >= 0.6 is 0 Å². The molecule has 4 heteroatoms. The van der Waals surface area contributed by atoms with Gasteiger partial charge in [-0.1, -0.05) is 38.1 Å². The highest BCUT2D eigenvalue weighted by molar-refractivity contribution is 5.69. The molecule has 0 amide bonds. The first-order valence-electron chi connectivity index (χ1n) is 5.99. The average Bonchev–Trinajstić information content (AvgIpc) is 2.37. The summed E-state index contributed by atoms with van der Waals surface area (Å²) >= 11 is 0. The van der Waals surface area contributed by atoms with Crippen molar-refractivity contribution in [2.75, 3.05) is 7.11 Å².